The largest absolute Gasteiger partial charge is 0.380 e. The predicted molar refractivity (Wildman–Crippen MR) is 50.3 cm³/mol. The molecule has 3 atom stereocenters. The van der Waals surface area contributed by atoms with Crippen LogP contribution in [0, 0.1) is 0 Å². The van der Waals surface area contributed by atoms with Gasteiger partial charge in [0.1, 0.15) is 0 Å². The Bertz CT molecular complexity index is 235. The number of hydrogen-bond acceptors (Lipinski definition) is 10. The molecule has 0 aromatic carbocycles. The van der Waals surface area contributed by atoms with E-state index in [1.54, 1.807) is 0 Å². The summed E-state index contributed by atoms with van der Waals surface area (Å²) in [5, 5.41) is 79.1. The molecule has 17 heavy (non-hydrogen) atoms. The van der Waals surface area contributed by atoms with E-state index in [2.05, 4.69) is 0 Å². The molecule has 11 heteroatoms. The fraction of sp³-hybridized carbons (Fsp3) is 1.00. The van der Waals surface area contributed by atoms with E-state index in [1.165, 1.54) is 0 Å². The van der Waals surface area contributed by atoms with Crippen LogP contribution in [0.15, 0.2) is 0 Å². The van der Waals surface area contributed by atoms with Crippen LogP contribution in [0.5, 0.6) is 0 Å². The molecule has 0 aliphatic heterocycles. The molecule has 3 unspecified atom stereocenters. The molecule has 9 N–H and O–H groups in total. The zero-order valence-electron chi connectivity index (χ0n) is 8.34. The van der Waals surface area contributed by atoms with Crippen molar-refractivity contribution in [3.8, 4) is 0 Å². The van der Waals surface area contributed by atoms with E-state index in [-0.39, 0.29) is 0 Å². The summed E-state index contributed by atoms with van der Waals surface area (Å²) in [5.41, 5.74) is 0. The van der Waals surface area contributed by atoms with Crippen LogP contribution in [0.4, 0.5) is 0 Å². The third kappa shape index (κ3) is 3.42. The molecule has 0 rings (SSSR count). The van der Waals surface area contributed by atoms with Gasteiger partial charge in [-0.1, -0.05) is 0 Å². The highest BCUT2D eigenvalue weighted by atomic mass is 31.2. The van der Waals surface area contributed by atoms with Crippen LogP contribution in [0.3, 0.4) is 0 Å². The molecule has 0 radical (unpaired) electrons. The van der Waals surface area contributed by atoms with E-state index in [1.807, 2.05) is 0 Å². The number of aliphatic hydroxyl groups is 9. The van der Waals surface area contributed by atoms with E-state index < -0.39 is 43.5 Å². The van der Waals surface area contributed by atoms with Crippen LogP contribution in [0.1, 0.15) is 0 Å². The van der Waals surface area contributed by atoms with Gasteiger partial charge in [-0.2, -0.15) is 0 Å². The standard InChI is InChI=1S/C6H15O10P/c7-1(8)4(13)17(16,5(14)2(9)10)6(15)3(11)12/h1-15H. The topological polar surface area (TPSA) is 199 Å². The average molecular weight is 278 g/mol. The molecular weight excluding hydrogens is 263 g/mol. The molecule has 0 aliphatic carbocycles. The highest BCUT2D eigenvalue weighted by Crippen LogP contribution is 2.59. The highest BCUT2D eigenvalue weighted by Gasteiger charge is 2.52. The van der Waals surface area contributed by atoms with Crippen molar-refractivity contribution in [2.45, 2.75) is 36.4 Å². The Morgan fingerprint density at radius 3 is 0.824 bits per heavy atom. The smallest absolute Gasteiger partial charge is 0.185 e. The minimum Gasteiger partial charge on any atom is -0.380 e. The normalized spacial score (nSPS) is 21.6. The van der Waals surface area contributed by atoms with Gasteiger partial charge in [0.15, 0.2) is 43.5 Å². The van der Waals surface area contributed by atoms with Crippen molar-refractivity contribution in [2.75, 3.05) is 0 Å². The lowest BCUT2D eigenvalue weighted by Gasteiger charge is -2.33. The third-order valence-electron chi connectivity index (χ3n) is 2.04. The molecule has 0 aromatic heterocycles. The van der Waals surface area contributed by atoms with Gasteiger partial charge in [-0.3, -0.25) is 0 Å². The zero-order valence-corrected chi connectivity index (χ0v) is 9.24. The molecule has 0 saturated heterocycles. The molecule has 10 nitrogen and oxygen atoms in total. The molecule has 0 amide bonds. The van der Waals surface area contributed by atoms with E-state index >= 15 is 0 Å². The van der Waals surface area contributed by atoms with Crippen LogP contribution in [-0.4, -0.2) is 82.4 Å². The van der Waals surface area contributed by atoms with Crippen molar-refractivity contribution >= 4 is 7.14 Å². The Balaban J connectivity index is 5.44. The molecule has 0 saturated carbocycles. The quantitative estimate of drug-likeness (QED) is 0.168. The fourth-order valence-corrected chi connectivity index (χ4v) is 3.28. The van der Waals surface area contributed by atoms with Gasteiger partial charge >= 0.3 is 0 Å². The van der Waals surface area contributed by atoms with Gasteiger partial charge in [-0.15, -0.1) is 0 Å². The van der Waals surface area contributed by atoms with Crippen LogP contribution >= 0.6 is 7.14 Å². The number of rotatable bonds is 6. The van der Waals surface area contributed by atoms with Crippen molar-refractivity contribution in [2.24, 2.45) is 0 Å². The van der Waals surface area contributed by atoms with E-state index in [0.717, 1.165) is 0 Å². The first kappa shape index (κ1) is 16.9. The van der Waals surface area contributed by atoms with Crippen molar-refractivity contribution in [3.05, 3.63) is 0 Å². The second-order valence-corrected chi connectivity index (χ2v) is 6.36. The minimum absolute atomic E-state index is 2.70. The third-order valence-corrected chi connectivity index (χ3v) is 5.32. The lowest BCUT2D eigenvalue weighted by molar-refractivity contribution is -0.124. The van der Waals surface area contributed by atoms with E-state index in [9.17, 15) is 4.57 Å². The summed E-state index contributed by atoms with van der Waals surface area (Å²) in [5.74, 6) is -8.09. The Kier molecular flexibility index (Phi) is 6.11. The molecular formula is C6H15O10P. The van der Waals surface area contributed by atoms with Gasteiger partial charge in [-0.05, 0) is 0 Å². The van der Waals surface area contributed by atoms with Crippen molar-refractivity contribution < 1.29 is 50.5 Å². The highest BCUT2D eigenvalue weighted by molar-refractivity contribution is 7.65. The number of aliphatic hydroxyl groups excluding tert-OH is 6. The van der Waals surface area contributed by atoms with E-state index in [4.69, 9.17) is 46.0 Å². The predicted octanol–water partition coefficient (Wildman–Crippen LogP) is -4.76. The maximum atomic E-state index is 11.9. The molecule has 0 fully saturated rings. The summed E-state index contributed by atoms with van der Waals surface area (Å²) in [4.78, 5) is 0. The molecule has 0 aliphatic rings. The monoisotopic (exact) mass is 278 g/mol. The van der Waals surface area contributed by atoms with Crippen molar-refractivity contribution in [3.63, 3.8) is 0 Å². The summed E-state index contributed by atoms with van der Waals surface area (Å²) in [6, 6.07) is 0. The lowest BCUT2D eigenvalue weighted by Crippen LogP contribution is -2.43. The van der Waals surface area contributed by atoms with Crippen molar-refractivity contribution in [1.82, 2.24) is 0 Å². The van der Waals surface area contributed by atoms with Gasteiger partial charge in [0.25, 0.3) is 0 Å². The van der Waals surface area contributed by atoms with Crippen LogP contribution in [0.25, 0.3) is 0 Å². The van der Waals surface area contributed by atoms with Gasteiger partial charge in [-0.25, -0.2) is 0 Å². The molecule has 0 heterocycles. The van der Waals surface area contributed by atoms with Crippen molar-refractivity contribution in [1.29, 1.82) is 0 Å². The Hall–Kier alpha value is -0.130. The number of hydrogen-bond donors (Lipinski definition) is 9. The summed E-state index contributed by atoms with van der Waals surface area (Å²) >= 11 is 0. The molecule has 104 valence electrons. The summed E-state index contributed by atoms with van der Waals surface area (Å²) in [6.07, 6.45) is -8.12. The Morgan fingerprint density at radius 2 is 0.706 bits per heavy atom. The Labute approximate surface area is 95.0 Å². The summed E-state index contributed by atoms with van der Waals surface area (Å²) < 4.78 is 11.9. The molecule has 0 spiro atoms. The second-order valence-electron chi connectivity index (χ2n) is 3.25. The minimum atomic E-state index is -4.99. The first-order valence-corrected chi connectivity index (χ1v) is 6.20. The first-order chi connectivity index (χ1) is 7.56. The van der Waals surface area contributed by atoms with Gasteiger partial charge in [0.2, 0.25) is 0 Å². The maximum Gasteiger partial charge on any atom is 0.185 e. The second kappa shape index (κ2) is 6.16. The SMILES string of the molecule is O=P(C(O)C(O)O)(C(O)C(O)O)C(O)C(O)O. The first-order valence-electron chi connectivity index (χ1n) is 4.28. The summed E-state index contributed by atoms with van der Waals surface area (Å²) in [6.45, 7) is 0. The lowest BCUT2D eigenvalue weighted by atomic mass is 10.7. The molecule has 0 bridgehead atoms. The van der Waals surface area contributed by atoms with Crippen LogP contribution in [-0.2, 0) is 4.57 Å². The average Bonchev–Trinajstić information content (AvgIpc) is 2.24. The molecule has 0 aromatic rings. The van der Waals surface area contributed by atoms with E-state index in [0.29, 0.717) is 0 Å². The Morgan fingerprint density at radius 1 is 0.529 bits per heavy atom. The van der Waals surface area contributed by atoms with Gasteiger partial charge in [0, 0.05) is 0 Å². The van der Waals surface area contributed by atoms with Crippen LogP contribution < -0.4 is 0 Å². The summed E-state index contributed by atoms with van der Waals surface area (Å²) in [7, 11) is -4.99. The van der Waals surface area contributed by atoms with Gasteiger partial charge in [0.05, 0.1) is 0 Å². The fourth-order valence-electron chi connectivity index (χ4n) is 1.09. The maximum absolute atomic E-state index is 11.9. The van der Waals surface area contributed by atoms with Gasteiger partial charge < -0.3 is 50.5 Å². The van der Waals surface area contributed by atoms with Crippen LogP contribution in [0.2, 0.25) is 0 Å². The zero-order chi connectivity index (χ0) is 14.0.